The van der Waals surface area contributed by atoms with Crippen molar-refractivity contribution in [2.45, 2.75) is 25.3 Å². The normalized spacial score (nSPS) is 12.0. The van der Waals surface area contributed by atoms with E-state index in [2.05, 4.69) is 23.5 Å². The van der Waals surface area contributed by atoms with E-state index in [-0.39, 0.29) is 4.90 Å². The Morgan fingerprint density at radius 1 is 1.16 bits per heavy atom. The van der Waals surface area contributed by atoms with Gasteiger partial charge in [-0.1, -0.05) is 26.0 Å². The molecule has 1 aromatic carbocycles. The highest BCUT2D eigenvalue weighted by Crippen LogP contribution is 2.09. The first-order chi connectivity index (χ1) is 9.03. The smallest absolute Gasteiger partial charge is 0.240 e. The molecule has 0 radical (unpaired) electrons. The largest absolute Gasteiger partial charge is 0.326 e. The minimum Gasteiger partial charge on any atom is -0.326 e. The summed E-state index contributed by atoms with van der Waals surface area (Å²) in [4.78, 5) is 2.45. The van der Waals surface area contributed by atoms with Gasteiger partial charge < -0.3 is 10.6 Å². The second-order valence-corrected chi connectivity index (χ2v) is 6.04. The lowest BCUT2D eigenvalue weighted by atomic mass is 10.2. The van der Waals surface area contributed by atoms with Crippen LogP contribution in [0.3, 0.4) is 0 Å². The van der Waals surface area contributed by atoms with Gasteiger partial charge in [-0.05, 0) is 30.8 Å². The number of hydrogen-bond donors (Lipinski definition) is 2. The monoisotopic (exact) mass is 285 g/mol. The minimum atomic E-state index is -3.41. The van der Waals surface area contributed by atoms with Crippen molar-refractivity contribution in [3.63, 3.8) is 0 Å². The number of nitrogens with zero attached hydrogens (tertiary/aromatic N) is 1. The van der Waals surface area contributed by atoms with Gasteiger partial charge >= 0.3 is 0 Å². The summed E-state index contributed by atoms with van der Waals surface area (Å²) in [6.07, 6.45) is 0. The van der Waals surface area contributed by atoms with Crippen molar-refractivity contribution in [2.75, 3.05) is 26.2 Å². The molecule has 0 saturated heterocycles. The molecule has 0 heterocycles. The van der Waals surface area contributed by atoms with E-state index in [1.165, 1.54) is 0 Å². The molecule has 0 spiro atoms. The lowest BCUT2D eigenvalue weighted by Gasteiger charge is -2.18. The molecule has 0 aromatic heterocycles. The van der Waals surface area contributed by atoms with Crippen molar-refractivity contribution >= 4 is 10.0 Å². The van der Waals surface area contributed by atoms with Crippen LogP contribution in [0.15, 0.2) is 29.2 Å². The van der Waals surface area contributed by atoms with Gasteiger partial charge in [-0.3, -0.25) is 0 Å². The molecule has 0 aliphatic heterocycles. The molecule has 3 N–H and O–H groups in total. The zero-order valence-electron chi connectivity index (χ0n) is 11.6. The van der Waals surface area contributed by atoms with E-state index in [4.69, 9.17) is 5.73 Å². The van der Waals surface area contributed by atoms with Crippen LogP contribution in [0, 0.1) is 0 Å². The highest BCUT2D eigenvalue weighted by atomic mass is 32.2. The predicted molar refractivity (Wildman–Crippen MR) is 77.3 cm³/mol. The Balaban J connectivity index is 2.60. The average molecular weight is 285 g/mol. The Hall–Kier alpha value is -0.950. The second kappa shape index (κ2) is 7.59. The van der Waals surface area contributed by atoms with Crippen LogP contribution in [-0.2, 0) is 16.6 Å². The standard InChI is InChI=1S/C13H23N3O2S/c1-3-16(4-2)10-9-15-19(17,18)13-7-5-12(11-14)6-8-13/h5-8,15H,3-4,9-11,14H2,1-2H3. The minimum absolute atomic E-state index is 0.282. The van der Waals surface area contributed by atoms with Gasteiger partial charge in [0.1, 0.15) is 0 Å². The lowest BCUT2D eigenvalue weighted by molar-refractivity contribution is 0.309. The summed E-state index contributed by atoms with van der Waals surface area (Å²) >= 11 is 0. The third-order valence-electron chi connectivity index (χ3n) is 3.08. The summed E-state index contributed by atoms with van der Waals surface area (Å²) in [6, 6.07) is 6.64. The van der Waals surface area contributed by atoms with E-state index in [0.717, 1.165) is 18.7 Å². The molecular weight excluding hydrogens is 262 g/mol. The van der Waals surface area contributed by atoms with Crippen molar-refractivity contribution in [1.29, 1.82) is 0 Å². The summed E-state index contributed by atoms with van der Waals surface area (Å²) in [5.74, 6) is 0. The summed E-state index contributed by atoms with van der Waals surface area (Å²) in [7, 11) is -3.41. The molecule has 5 nitrogen and oxygen atoms in total. The summed E-state index contributed by atoms with van der Waals surface area (Å²) < 4.78 is 26.7. The SMILES string of the molecule is CCN(CC)CCNS(=O)(=O)c1ccc(CN)cc1. The molecule has 0 atom stereocenters. The molecule has 1 rings (SSSR count). The number of sulfonamides is 1. The molecule has 6 heteroatoms. The van der Waals surface area contributed by atoms with E-state index < -0.39 is 10.0 Å². The van der Waals surface area contributed by atoms with Gasteiger partial charge in [0, 0.05) is 19.6 Å². The van der Waals surface area contributed by atoms with Crippen LogP contribution in [-0.4, -0.2) is 39.5 Å². The highest BCUT2D eigenvalue weighted by Gasteiger charge is 2.13. The summed E-state index contributed by atoms with van der Waals surface area (Å²) in [6.45, 7) is 7.51. The number of rotatable bonds is 8. The van der Waals surface area contributed by atoms with Crippen LogP contribution >= 0.6 is 0 Å². The van der Waals surface area contributed by atoms with Gasteiger partial charge in [0.05, 0.1) is 4.90 Å². The number of likely N-dealkylation sites (N-methyl/N-ethyl adjacent to an activating group) is 1. The van der Waals surface area contributed by atoms with Gasteiger partial charge in [0.25, 0.3) is 0 Å². The zero-order chi connectivity index (χ0) is 14.3. The quantitative estimate of drug-likeness (QED) is 0.739. The fourth-order valence-electron chi connectivity index (χ4n) is 1.77. The maximum absolute atomic E-state index is 12.0. The molecular formula is C13H23N3O2S. The lowest BCUT2D eigenvalue weighted by Crippen LogP contribution is -2.34. The van der Waals surface area contributed by atoms with E-state index in [0.29, 0.717) is 19.6 Å². The maximum Gasteiger partial charge on any atom is 0.240 e. The Labute approximate surface area is 115 Å². The average Bonchev–Trinajstić information content (AvgIpc) is 2.43. The first-order valence-electron chi connectivity index (χ1n) is 6.54. The van der Waals surface area contributed by atoms with E-state index in [1.807, 2.05) is 0 Å². The first-order valence-corrected chi connectivity index (χ1v) is 8.02. The van der Waals surface area contributed by atoms with Crippen molar-refractivity contribution < 1.29 is 8.42 Å². The third-order valence-corrected chi connectivity index (χ3v) is 4.56. The van der Waals surface area contributed by atoms with Crippen LogP contribution in [0.1, 0.15) is 19.4 Å². The Morgan fingerprint density at radius 2 is 1.74 bits per heavy atom. The molecule has 0 aliphatic rings. The van der Waals surface area contributed by atoms with Crippen molar-refractivity contribution in [2.24, 2.45) is 5.73 Å². The van der Waals surface area contributed by atoms with Crippen LogP contribution in [0.5, 0.6) is 0 Å². The molecule has 0 saturated carbocycles. The van der Waals surface area contributed by atoms with Crippen molar-refractivity contribution in [1.82, 2.24) is 9.62 Å². The van der Waals surface area contributed by atoms with Gasteiger partial charge in [0.15, 0.2) is 0 Å². The number of nitrogens with one attached hydrogen (secondary N) is 1. The Morgan fingerprint density at radius 3 is 2.21 bits per heavy atom. The molecule has 0 aliphatic carbocycles. The Bertz CT molecular complexity index is 467. The van der Waals surface area contributed by atoms with Crippen LogP contribution in [0.25, 0.3) is 0 Å². The molecule has 19 heavy (non-hydrogen) atoms. The molecule has 1 aromatic rings. The molecule has 108 valence electrons. The first kappa shape index (κ1) is 16.1. The Kier molecular flexibility index (Phi) is 6.44. The number of nitrogens with two attached hydrogens (primary N) is 1. The van der Waals surface area contributed by atoms with E-state index in [9.17, 15) is 8.42 Å². The fraction of sp³-hybridized carbons (Fsp3) is 0.538. The number of benzene rings is 1. The third kappa shape index (κ3) is 4.91. The molecule has 0 unspecified atom stereocenters. The second-order valence-electron chi connectivity index (χ2n) is 4.27. The molecule has 0 bridgehead atoms. The summed E-state index contributed by atoms with van der Waals surface area (Å²) in [5, 5.41) is 0. The van der Waals surface area contributed by atoms with Gasteiger partial charge in [-0.25, -0.2) is 13.1 Å². The summed E-state index contributed by atoms with van der Waals surface area (Å²) in [5.41, 5.74) is 6.40. The van der Waals surface area contributed by atoms with E-state index in [1.54, 1.807) is 24.3 Å². The topological polar surface area (TPSA) is 75.4 Å². The van der Waals surface area contributed by atoms with Crippen LogP contribution in [0.2, 0.25) is 0 Å². The molecule has 0 fully saturated rings. The van der Waals surface area contributed by atoms with Crippen LogP contribution < -0.4 is 10.5 Å². The fourth-order valence-corrected chi connectivity index (χ4v) is 2.79. The van der Waals surface area contributed by atoms with Crippen LogP contribution in [0.4, 0.5) is 0 Å². The molecule has 0 amide bonds. The zero-order valence-corrected chi connectivity index (χ0v) is 12.4. The van der Waals surface area contributed by atoms with E-state index >= 15 is 0 Å². The highest BCUT2D eigenvalue weighted by molar-refractivity contribution is 7.89. The predicted octanol–water partition coefficient (Wildman–Crippen LogP) is 0.765. The van der Waals surface area contributed by atoms with Gasteiger partial charge in [-0.15, -0.1) is 0 Å². The van der Waals surface area contributed by atoms with Gasteiger partial charge in [0.2, 0.25) is 10.0 Å². The van der Waals surface area contributed by atoms with Gasteiger partial charge in [-0.2, -0.15) is 0 Å². The number of hydrogen-bond acceptors (Lipinski definition) is 4. The van der Waals surface area contributed by atoms with Crippen molar-refractivity contribution in [3.8, 4) is 0 Å². The van der Waals surface area contributed by atoms with Crippen molar-refractivity contribution in [3.05, 3.63) is 29.8 Å². The maximum atomic E-state index is 12.0.